The zero-order chi connectivity index (χ0) is 17.9. The third kappa shape index (κ3) is 3.38. The number of nitrogens with zero attached hydrogens (tertiary/aromatic N) is 2. The van der Waals surface area contributed by atoms with Crippen molar-refractivity contribution in [2.45, 2.75) is 45.8 Å². The van der Waals surface area contributed by atoms with Gasteiger partial charge in [-0.1, -0.05) is 20.8 Å². The van der Waals surface area contributed by atoms with Gasteiger partial charge in [-0.2, -0.15) is 0 Å². The van der Waals surface area contributed by atoms with Crippen molar-refractivity contribution in [2.75, 3.05) is 14.2 Å². The van der Waals surface area contributed by atoms with Gasteiger partial charge >= 0.3 is 0 Å². The maximum Gasteiger partial charge on any atom is 0.192 e. The molecule has 2 rings (SSSR count). The predicted octanol–water partition coefficient (Wildman–Crippen LogP) is 2.45. The van der Waals surface area contributed by atoms with E-state index in [4.69, 9.17) is 20.9 Å². The first-order valence-electron chi connectivity index (χ1n) is 8.25. The largest absolute Gasteiger partial charge is 0.493 e. The Morgan fingerprint density at radius 2 is 1.83 bits per heavy atom. The van der Waals surface area contributed by atoms with E-state index in [0.29, 0.717) is 23.9 Å². The summed E-state index contributed by atoms with van der Waals surface area (Å²) >= 11 is 0. The number of nitrogens with two attached hydrogens (primary N) is 2. The van der Waals surface area contributed by atoms with Crippen molar-refractivity contribution < 1.29 is 9.47 Å². The first-order chi connectivity index (χ1) is 11.4. The van der Waals surface area contributed by atoms with Crippen LogP contribution in [0.3, 0.4) is 0 Å². The van der Waals surface area contributed by atoms with Crippen LogP contribution in [0.4, 0.5) is 0 Å². The molecule has 4 N–H and O–H groups in total. The molecule has 6 nitrogen and oxygen atoms in total. The molecule has 0 aromatic heterocycles. The van der Waals surface area contributed by atoms with Crippen molar-refractivity contribution in [1.29, 1.82) is 0 Å². The van der Waals surface area contributed by atoms with Crippen molar-refractivity contribution in [3.05, 3.63) is 23.3 Å². The van der Waals surface area contributed by atoms with E-state index in [2.05, 4.69) is 30.8 Å². The molecule has 0 bridgehead atoms. The lowest BCUT2D eigenvalue weighted by molar-refractivity contribution is 0.353. The Balaban J connectivity index is 2.51. The molecular formula is C18H28N4O2. The monoisotopic (exact) mass is 332 g/mol. The fraction of sp³-hybridized carbons (Fsp3) is 0.556. The zero-order valence-electron chi connectivity index (χ0n) is 15.2. The van der Waals surface area contributed by atoms with Gasteiger partial charge in [0.05, 0.1) is 19.6 Å². The molecule has 132 valence electrons. The maximum absolute atomic E-state index is 6.24. The lowest BCUT2D eigenvalue weighted by Crippen LogP contribution is -2.45. The third-order valence-electron chi connectivity index (χ3n) is 4.66. The van der Waals surface area contributed by atoms with Crippen molar-refractivity contribution in [1.82, 2.24) is 0 Å². The van der Waals surface area contributed by atoms with Gasteiger partial charge < -0.3 is 15.2 Å². The van der Waals surface area contributed by atoms with Crippen LogP contribution in [0.2, 0.25) is 0 Å². The topological polar surface area (TPSA) is 95.2 Å². The quantitative estimate of drug-likeness (QED) is 0.836. The molecule has 1 heterocycles. The Labute approximate surface area is 144 Å². The van der Waals surface area contributed by atoms with Crippen LogP contribution >= 0.6 is 0 Å². The summed E-state index contributed by atoms with van der Waals surface area (Å²) < 4.78 is 10.9. The van der Waals surface area contributed by atoms with Gasteiger partial charge in [-0.25, -0.2) is 4.99 Å². The standard InChI is InChI=1S/C18H28N4O2/c1-6-18(10-21-17(20)22-16(18)19)9-12-7-14(23-4)15(24-5)8-13(12)11(2)3/h7-8,10-11,17H,6,9,20H2,1-5H3,(H2,19,22). The lowest BCUT2D eigenvalue weighted by atomic mass is 9.76. The first-order valence-corrected chi connectivity index (χ1v) is 8.25. The second-order valence-electron chi connectivity index (χ2n) is 6.45. The Hall–Kier alpha value is -2.08. The molecule has 1 aromatic carbocycles. The van der Waals surface area contributed by atoms with Gasteiger partial charge in [0.15, 0.2) is 17.8 Å². The number of hydrogen-bond donors (Lipinski definition) is 2. The van der Waals surface area contributed by atoms with E-state index < -0.39 is 11.7 Å². The molecule has 0 aliphatic carbocycles. The van der Waals surface area contributed by atoms with Crippen molar-refractivity contribution >= 4 is 12.1 Å². The van der Waals surface area contributed by atoms with Gasteiger partial charge in [-0.3, -0.25) is 10.7 Å². The van der Waals surface area contributed by atoms with Crippen LogP contribution in [0, 0.1) is 5.41 Å². The second-order valence-corrected chi connectivity index (χ2v) is 6.45. The molecule has 0 spiro atoms. The molecular weight excluding hydrogens is 304 g/mol. The molecule has 2 unspecified atom stereocenters. The number of aliphatic imine (C=N–C) groups is 2. The highest BCUT2D eigenvalue weighted by atomic mass is 16.5. The molecule has 0 saturated heterocycles. The minimum absolute atomic E-state index is 0.342. The van der Waals surface area contributed by atoms with E-state index in [0.717, 1.165) is 17.7 Å². The summed E-state index contributed by atoms with van der Waals surface area (Å²) in [4.78, 5) is 8.55. The van der Waals surface area contributed by atoms with Crippen LogP contribution < -0.4 is 20.9 Å². The van der Waals surface area contributed by atoms with E-state index >= 15 is 0 Å². The first kappa shape index (κ1) is 18.3. The van der Waals surface area contributed by atoms with Crippen molar-refractivity contribution in [3.8, 4) is 11.5 Å². The number of benzene rings is 1. The summed E-state index contributed by atoms with van der Waals surface area (Å²) in [6.07, 6.45) is 2.76. The van der Waals surface area contributed by atoms with Crippen LogP contribution in [0.25, 0.3) is 0 Å². The Kier molecular flexibility index (Phi) is 5.49. The van der Waals surface area contributed by atoms with Crippen molar-refractivity contribution in [3.63, 3.8) is 0 Å². The SMILES string of the molecule is CCC1(Cc2cc(OC)c(OC)cc2C(C)C)C=NC(N)N=C1N. The summed E-state index contributed by atoms with van der Waals surface area (Å²) in [5, 5.41) is 0. The number of hydrogen-bond acceptors (Lipinski definition) is 6. The second kappa shape index (κ2) is 7.21. The number of amidine groups is 1. The average Bonchev–Trinajstić information content (AvgIpc) is 2.56. The van der Waals surface area contributed by atoms with Crippen LogP contribution in [0.1, 0.15) is 44.2 Å². The minimum Gasteiger partial charge on any atom is -0.493 e. The maximum atomic E-state index is 6.24. The van der Waals surface area contributed by atoms with Gasteiger partial charge in [-0.15, -0.1) is 0 Å². The summed E-state index contributed by atoms with van der Waals surface area (Å²) in [5.41, 5.74) is 13.9. The van der Waals surface area contributed by atoms with E-state index in [1.54, 1.807) is 14.2 Å². The summed E-state index contributed by atoms with van der Waals surface area (Å²) in [6, 6.07) is 4.07. The summed E-state index contributed by atoms with van der Waals surface area (Å²) in [6.45, 7) is 6.40. The molecule has 0 fully saturated rings. The van der Waals surface area contributed by atoms with Crippen molar-refractivity contribution in [2.24, 2.45) is 26.9 Å². The van der Waals surface area contributed by atoms with Gasteiger partial charge in [0.25, 0.3) is 0 Å². The lowest BCUT2D eigenvalue weighted by Gasteiger charge is -2.33. The third-order valence-corrected chi connectivity index (χ3v) is 4.66. The Morgan fingerprint density at radius 3 is 2.33 bits per heavy atom. The number of rotatable bonds is 6. The molecule has 1 aliphatic rings. The van der Waals surface area contributed by atoms with Gasteiger partial charge in [0.1, 0.15) is 5.84 Å². The highest BCUT2D eigenvalue weighted by molar-refractivity contribution is 6.02. The summed E-state index contributed by atoms with van der Waals surface area (Å²) in [5.74, 6) is 2.33. The fourth-order valence-electron chi connectivity index (χ4n) is 3.09. The van der Waals surface area contributed by atoms with Crippen LogP contribution in [-0.4, -0.2) is 32.6 Å². The number of ether oxygens (including phenoxy) is 2. The summed E-state index contributed by atoms with van der Waals surface area (Å²) in [7, 11) is 3.29. The molecule has 1 aromatic rings. The van der Waals surface area contributed by atoms with E-state index in [-0.39, 0.29) is 0 Å². The minimum atomic E-state index is -0.598. The highest BCUT2D eigenvalue weighted by Crippen LogP contribution is 2.38. The van der Waals surface area contributed by atoms with E-state index in [9.17, 15) is 0 Å². The van der Waals surface area contributed by atoms with E-state index in [1.165, 1.54) is 5.56 Å². The van der Waals surface area contributed by atoms with E-state index in [1.807, 2.05) is 18.3 Å². The van der Waals surface area contributed by atoms with Gasteiger partial charge in [-0.05, 0) is 42.0 Å². The zero-order valence-corrected chi connectivity index (χ0v) is 15.2. The van der Waals surface area contributed by atoms with Gasteiger partial charge in [0, 0.05) is 6.21 Å². The molecule has 0 radical (unpaired) electrons. The Morgan fingerprint density at radius 1 is 1.21 bits per heavy atom. The Bertz CT molecular complexity index is 655. The normalized spacial score (nSPS) is 23.3. The molecule has 1 aliphatic heterocycles. The number of methoxy groups -OCH3 is 2. The molecule has 0 saturated carbocycles. The molecule has 6 heteroatoms. The fourth-order valence-corrected chi connectivity index (χ4v) is 3.09. The predicted molar refractivity (Wildman–Crippen MR) is 98.2 cm³/mol. The average molecular weight is 332 g/mol. The molecule has 2 atom stereocenters. The highest BCUT2D eigenvalue weighted by Gasteiger charge is 2.35. The molecule has 0 amide bonds. The van der Waals surface area contributed by atoms with Crippen LogP contribution in [-0.2, 0) is 6.42 Å². The van der Waals surface area contributed by atoms with Gasteiger partial charge in [0.2, 0.25) is 0 Å². The van der Waals surface area contributed by atoms with Crippen LogP contribution in [0.15, 0.2) is 22.1 Å². The van der Waals surface area contributed by atoms with Crippen LogP contribution in [0.5, 0.6) is 11.5 Å². The smallest absolute Gasteiger partial charge is 0.192 e. The molecule has 24 heavy (non-hydrogen) atoms.